The number of nitrogens with one attached hydrogen (secondary N) is 1. The van der Waals surface area contributed by atoms with E-state index in [9.17, 15) is 9.90 Å². The Balaban J connectivity index is 1.69. The van der Waals surface area contributed by atoms with Crippen LogP contribution in [-0.4, -0.2) is 20.9 Å². The van der Waals surface area contributed by atoms with E-state index in [0.717, 1.165) is 28.0 Å². The summed E-state index contributed by atoms with van der Waals surface area (Å²) in [5.41, 5.74) is 4.56. The van der Waals surface area contributed by atoms with Crippen LogP contribution in [-0.2, 0) is 6.54 Å². The van der Waals surface area contributed by atoms with Crippen LogP contribution >= 0.6 is 11.6 Å². The normalized spacial score (nSPS) is 13.7. The Morgan fingerprint density at radius 1 is 1.29 bits per heavy atom. The molecule has 6 nitrogen and oxygen atoms in total. The summed E-state index contributed by atoms with van der Waals surface area (Å²) in [6, 6.07) is 12.6. The van der Waals surface area contributed by atoms with E-state index in [0.29, 0.717) is 16.3 Å². The van der Waals surface area contributed by atoms with Gasteiger partial charge >= 0.3 is 5.69 Å². The molecule has 0 radical (unpaired) electrons. The Morgan fingerprint density at radius 2 is 2.04 bits per heavy atom. The first-order chi connectivity index (χ1) is 13.5. The number of aromatic nitrogens is 2. The molecule has 0 saturated heterocycles. The van der Waals surface area contributed by atoms with Gasteiger partial charge in [-0.05, 0) is 42.3 Å². The van der Waals surface area contributed by atoms with Gasteiger partial charge in [0.1, 0.15) is 5.69 Å². The highest BCUT2D eigenvalue weighted by Crippen LogP contribution is 2.38. The molecule has 1 aromatic heterocycles. The lowest BCUT2D eigenvalue weighted by Crippen LogP contribution is -2.17. The number of nitriles is 1. The molecule has 2 heterocycles. The lowest BCUT2D eigenvalue weighted by molar-refractivity contribution is 0.420. The Hall–Kier alpha value is -3.56. The highest BCUT2D eigenvalue weighted by molar-refractivity contribution is 6.32. The predicted molar refractivity (Wildman–Crippen MR) is 109 cm³/mol. The molecule has 0 atom stereocenters. The number of nitrogens with zero attached hydrogens (tertiary/aromatic N) is 3. The third kappa shape index (κ3) is 3.02. The van der Waals surface area contributed by atoms with Gasteiger partial charge in [0.05, 0.1) is 23.9 Å². The standard InChI is InChI=1S/C21H15ClN4O2/c1-12-17(22)7-6-16-15(10-24-19(12)16)8-18-20(27)26(21(28)25-18)11-14-4-2-13(9-23)3-5-14/h2-8,10,27H,11H2,1H3,(H,25,28). The summed E-state index contributed by atoms with van der Waals surface area (Å²) < 4.78 is 1.24. The van der Waals surface area contributed by atoms with Gasteiger partial charge in [0.25, 0.3) is 0 Å². The van der Waals surface area contributed by atoms with Gasteiger partial charge < -0.3 is 10.1 Å². The molecule has 0 saturated carbocycles. The van der Waals surface area contributed by atoms with Crippen molar-refractivity contribution in [3.8, 4) is 11.9 Å². The Bertz CT molecular complexity index is 1240. The number of halogens is 1. The van der Waals surface area contributed by atoms with Gasteiger partial charge in [-0.25, -0.2) is 4.79 Å². The zero-order chi connectivity index (χ0) is 19.8. The minimum absolute atomic E-state index is 0.158. The molecule has 0 aliphatic carbocycles. The molecule has 0 bridgehead atoms. The van der Waals surface area contributed by atoms with Crippen LogP contribution in [0.2, 0.25) is 5.02 Å². The van der Waals surface area contributed by atoms with E-state index in [-0.39, 0.29) is 12.4 Å². The molecular weight excluding hydrogens is 376 g/mol. The number of aromatic hydroxyl groups is 1. The summed E-state index contributed by atoms with van der Waals surface area (Å²) in [4.78, 5) is 19.4. The van der Waals surface area contributed by atoms with E-state index in [1.165, 1.54) is 4.57 Å². The van der Waals surface area contributed by atoms with Gasteiger partial charge in [0, 0.05) is 22.4 Å². The van der Waals surface area contributed by atoms with Crippen LogP contribution in [0.15, 0.2) is 46.2 Å². The van der Waals surface area contributed by atoms with Crippen molar-refractivity contribution in [3.05, 3.63) is 79.9 Å². The van der Waals surface area contributed by atoms with Crippen molar-refractivity contribution in [1.29, 1.82) is 5.26 Å². The van der Waals surface area contributed by atoms with E-state index in [1.807, 2.05) is 19.1 Å². The molecule has 0 fully saturated rings. The molecule has 2 aromatic carbocycles. The van der Waals surface area contributed by atoms with E-state index in [2.05, 4.69) is 9.98 Å². The maximum atomic E-state index is 12.3. The predicted octanol–water partition coefficient (Wildman–Crippen LogP) is 4.02. The van der Waals surface area contributed by atoms with Gasteiger partial charge in [-0.2, -0.15) is 5.26 Å². The van der Waals surface area contributed by atoms with Gasteiger partial charge in [-0.3, -0.25) is 9.56 Å². The van der Waals surface area contributed by atoms with E-state index < -0.39 is 5.69 Å². The van der Waals surface area contributed by atoms with Crippen molar-refractivity contribution in [2.75, 3.05) is 0 Å². The maximum absolute atomic E-state index is 12.3. The van der Waals surface area contributed by atoms with Crippen LogP contribution in [0.4, 0.5) is 5.69 Å². The van der Waals surface area contributed by atoms with Gasteiger partial charge in [-0.15, -0.1) is 0 Å². The van der Waals surface area contributed by atoms with Gasteiger partial charge in [0.15, 0.2) is 0 Å². The molecule has 138 valence electrons. The third-order valence-corrected chi connectivity index (χ3v) is 5.12. The average molecular weight is 391 g/mol. The lowest BCUT2D eigenvalue weighted by Gasteiger charge is -2.05. The summed E-state index contributed by atoms with van der Waals surface area (Å²) in [6.07, 6.45) is 3.37. The van der Waals surface area contributed by atoms with Crippen molar-refractivity contribution in [3.63, 3.8) is 0 Å². The molecule has 1 aliphatic heterocycles. The number of hydrogen-bond donors (Lipinski definition) is 2. The Labute approximate surface area is 165 Å². The molecule has 3 aromatic rings. The number of rotatable bonds is 3. The first kappa shape index (κ1) is 17.8. The lowest BCUT2D eigenvalue weighted by atomic mass is 10.0. The monoisotopic (exact) mass is 390 g/mol. The van der Waals surface area contributed by atoms with Gasteiger partial charge in [0.2, 0.25) is 5.88 Å². The topological polar surface area (TPSA) is 94.2 Å². The van der Waals surface area contributed by atoms with Crippen molar-refractivity contribution in [1.82, 2.24) is 9.55 Å². The fraction of sp³-hybridized carbons (Fsp3) is 0.0952. The zero-order valence-electron chi connectivity index (χ0n) is 14.9. The summed E-state index contributed by atoms with van der Waals surface area (Å²) in [5, 5.41) is 20.1. The number of aliphatic imine (C=N–C) groups is 1. The van der Waals surface area contributed by atoms with Crippen LogP contribution in [0.25, 0.3) is 11.6 Å². The van der Waals surface area contributed by atoms with E-state index in [4.69, 9.17) is 16.9 Å². The molecule has 7 heteroatoms. The minimum Gasteiger partial charge on any atom is -0.493 e. The van der Waals surface area contributed by atoms with Crippen molar-refractivity contribution in [2.45, 2.75) is 13.5 Å². The number of benzene rings is 2. The van der Waals surface area contributed by atoms with Crippen LogP contribution in [0.5, 0.6) is 5.88 Å². The average Bonchev–Trinajstić information content (AvgIpc) is 3.22. The molecular formula is C21H15ClN4O2. The SMILES string of the molecule is Cc1c(Cl)ccc2c1N=CC2=Cc1[nH]c(=O)n(Cc2ccc(C#N)cc2)c1O. The van der Waals surface area contributed by atoms with Crippen LogP contribution in [0.1, 0.15) is 27.9 Å². The second kappa shape index (κ2) is 6.87. The Kier molecular flexibility index (Phi) is 4.38. The fourth-order valence-corrected chi connectivity index (χ4v) is 3.30. The second-order valence-electron chi connectivity index (χ2n) is 6.49. The zero-order valence-corrected chi connectivity index (χ0v) is 15.7. The number of hydrogen-bond acceptors (Lipinski definition) is 4. The third-order valence-electron chi connectivity index (χ3n) is 4.72. The molecule has 2 N–H and O–H groups in total. The summed E-state index contributed by atoms with van der Waals surface area (Å²) in [6.45, 7) is 2.09. The first-order valence-electron chi connectivity index (χ1n) is 8.54. The van der Waals surface area contributed by atoms with E-state index in [1.54, 1.807) is 42.6 Å². The van der Waals surface area contributed by atoms with Gasteiger partial charge in [-0.1, -0.05) is 29.8 Å². The van der Waals surface area contributed by atoms with Crippen molar-refractivity contribution < 1.29 is 5.11 Å². The smallest absolute Gasteiger partial charge is 0.329 e. The quantitative estimate of drug-likeness (QED) is 0.707. The number of H-pyrrole nitrogens is 1. The van der Waals surface area contributed by atoms with E-state index >= 15 is 0 Å². The number of fused-ring (bicyclic) bond motifs is 1. The summed E-state index contributed by atoms with van der Waals surface area (Å²) >= 11 is 6.14. The highest BCUT2D eigenvalue weighted by Gasteiger charge is 2.18. The molecule has 0 spiro atoms. The molecule has 28 heavy (non-hydrogen) atoms. The Morgan fingerprint density at radius 3 is 2.75 bits per heavy atom. The molecule has 0 amide bonds. The summed E-state index contributed by atoms with van der Waals surface area (Å²) in [7, 11) is 0. The van der Waals surface area contributed by atoms with Crippen LogP contribution in [0.3, 0.4) is 0 Å². The van der Waals surface area contributed by atoms with Crippen molar-refractivity contribution >= 4 is 35.2 Å². The minimum atomic E-state index is -0.420. The van der Waals surface area contributed by atoms with Crippen molar-refractivity contribution in [2.24, 2.45) is 4.99 Å². The first-order valence-corrected chi connectivity index (χ1v) is 8.92. The molecule has 1 aliphatic rings. The van der Waals surface area contributed by atoms with Crippen LogP contribution < -0.4 is 5.69 Å². The second-order valence-corrected chi connectivity index (χ2v) is 6.90. The molecule has 4 rings (SSSR count). The highest BCUT2D eigenvalue weighted by atomic mass is 35.5. The number of allylic oxidation sites excluding steroid dienone is 1. The largest absolute Gasteiger partial charge is 0.493 e. The summed E-state index contributed by atoms with van der Waals surface area (Å²) in [5.74, 6) is -0.158. The maximum Gasteiger partial charge on any atom is 0.329 e. The molecule has 0 unspecified atom stereocenters. The van der Waals surface area contributed by atoms with Crippen LogP contribution in [0, 0.1) is 18.3 Å². The number of imidazole rings is 1. The number of aromatic amines is 1. The fourth-order valence-electron chi connectivity index (χ4n) is 3.14.